The summed E-state index contributed by atoms with van der Waals surface area (Å²) in [7, 11) is 1.81. The number of thiazole rings is 1. The molecule has 0 spiro atoms. The van der Waals surface area contributed by atoms with Gasteiger partial charge in [-0.2, -0.15) is 4.98 Å². The van der Waals surface area contributed by atoms with Gasteiger partial charge in [-0.05, 0) is 30.5 Å². The summed E-state index contributed by atoms with van der Waals surface area (Å²) in [6.07, 6.45) is 0.715. The Morgan fingerprint density at radius 3 is 2.52 bits per heavy atom. The molecule has 4 rings (SSSR count). The average Bonchev–Trinajstić information content (AvgIpc) is 3.43. The number of para-hydroxylation sites is 1. The van der Waals surface area contributed by atoms with Crippen molar-refractivity contribution in [2.75, 3.05) is 7.05 Å². The molecule has 0 saturated carbocycles. The van der Waals surface area contributed by atoms with Crippen molar-refractivity contribution in [2.24, 2.45) is 0 Å². The SMILES string of the molecule is CC(C)c1ccc(-c2noc(CCC(=O)N(C)C(C)c3nc4ccccc4s3)n2)cc1. The second-order valence-electron chi connectivity index (χ2n) is 7.99. The van der Waals surface area contributed by atoms with Gasteiger partial charge in [0.05, 0.1) is 16.3 Å². The maximum Gasteiger partial charge on any atom is 0.227 e. The van der Waals surface area contributed by atoms with Gasteiger partial charge in [0.1, 0.15) is 5.01 Å². The van der Waals surface area contributed by atoms with Crippen LogP contribution in [-0.4, -0.2) is 33.0 Å². The third kappa shape index (κ3) is 4.66. The molecule has 2 aromatic carbocycles. The third-order valence-corrected chi connectivity index (χ3v) is 6.71. The first-order valence-electron chi connectivity index (χ1n) is 10.5. The molecule has 160 valence electrons. The Balaban J connectivity index is 1.37. The van der Waals surface area contributed by atoms with Crippen LogP contribution in [0.3, 0.4) is 0 Å². The van der Waals surface area contributed by atoms with Gasteiger partial charge in [0, 0.05) is 25.5 Å². The fourth-order valence-electron chi connectivity index (χ4n) is 3.33. The molecule has 31 heavy (non-hydrogen) atoms. The molecule has 4 aromatic rings. The Morgan fingerprint density at radius 2 is 1.81 bits per heavy atom. The van der Waals surface area contributed by atoms with Crippen molar-refractivity contribution in [2.45, 2.75) is 45.6 Å². The predicted octanol–water partition coefficient (Wildman–Crippen LogP) is 5.62. The third-order valence-electron chi connectivity index (χ3n) is 5.50. The lowest BCUT2D eigenvalue weighted by Crippen LogP contribution is -2.29. The second-order valence-corrected chi connectivity index (χ2v) is 9.05. The van der Waals surface area contributed by atoms with Gasteiger partial charge in [0.25, 0.3) is 0 Å². The van der Waals surface area contributed by atoms with Crippen LogP contribution in [0.5, 0.6) is 0 Å². The normalized spacial score (nSPS) is 12.4. The number of benzene rings is 2. The van der Waals surface area contributed by atoms with Gasteiger partial charge in [-0.3, -0.25) is 4.79 Å². The smallest absolute Gasteiger partial charge is 0.227 e. The highest BCUT2D eigenvalue weighted by molar-refractivity contribution is 7.18. The summed E-state index contributed by atoms with van der Waals surface area (Å²) in [5.41, 5.74) is 3.14. The highest BCUT2D eigenvalue weighted by Crippen LogP contribution is 2.29. The predicted molar refractivity (Wildman–Crippen MR) is 123 cm³/mol. The average molecular weight is 435 g/mol. The van der Waals surface area contributed by atoms with E-state index >= 15 is 0 Å². The number of hydrogen-bond donors (Lipinski definition) is 0. The van der Waals surface area contributed by atoms with Gasteiger partial charge in [-0.15, -0.1) is 11.3 Å². The topological polar surface area (TPSA) is 72.1 Å². The quantitative estimate of drug-likeness (QED) is 0.377. The second kappa shape index (κ2) is 8.98. The fraction of sp³-hybridized carbons (Fsp3) is 0.333. The molecule has 2 heterocycles. The van der Waals surface area contributed by atoms with E-state index < -0.39 is 0 Å². The number of hydrogen-bond acceptors (Lipinski definition) is 6. The summed E-state index contributed by atoms with van der Waals surface area (Å²) in [6, 6.07) is 16.1. The Bertz CT molecular complexity index is 1150. The van der Waals surface area contributed by atoms with E-state index in [0.717, 1.165) is 20.8 Å². The van der Waals surface area contributed by atoms with Crippen molar-refractivity contribution in [1.29, 1.82) is 0 Å². The van der Waals surface area contributed by atoms with Gasteiger partial charge in [-0.25, -0.2) is 4.98 Å². The monoisotopic (exact) mass is 434 g/mol. The number of aromatic nitrogens is 3. The van der Waals surface area contributed by atoms with Crippen LogP contribution in [0.15, 0.2) is 53.1 Å². The number of aryl methyl sites for hydroxylation is 1. The zero-order chi connectivity index (χ0) is 22.0. The number of carbonyl (C=O) groups excluding carboxylic acids is 1. The van der Waals surface area contributed by atoms with Crippen molar-refractivity contribution in [1.82, 2.24) is 20.0 Å². The molecule has 0 aliphatic rings. The zero-order valence-electron chi connectivity index (χ0n) is 18.2. The maximum atomic E-state index is 12.7. The number of amides is 1. The van der Waals surface area contributed by atoms with Crippen LogP contribution in [0.2, 0.25) is 0 Å². The van der Waals surface area contributed by atoms with Crippen molar-refractivity contribution < 1.29 is 9.32 Å². The minimum atomic E-state index is -0.0948. The van der Waals surface area contributed by atoms with Crippen molar-refractivity contribution in [3.8, 4) is 11.4 Å². The van der Waals surface area contributed by atoms with Crippen molar-refractivity contribution >= 4 is 27.5 Å². The molecule has 0 aliphatic carbocycles. The Hall–Kier alpha value is -3.06. The highest BCUT2D eigenvalue weighted by atomic mass is 32.1. The van der Waals surface area contributed by atoms with Gasteiger partial charge >= 0.3 is 0 Å². The minimum absolute atomic E-state index is 0.0211. The lowest BCUT2D eigenvalue weighted by molar-refractivity contribution is -0.131. The summed E-state index contributed by atoms with van der Waals surface area (Å²) in [6.45, 7) is 6.32. The molecule has 1 atom stereocenters. The molecule has 0 fully saturated rings. The largest absolute Gasteiger partial charge is 0.339 e. The molecule has 0 saturated heterocycles. The van der Waals surface area contributed by atoms with Gasteiger partial charge in [0.15, 0.2) is 0 Å². The van der Waals surface area contributed by atoms with Gasteiger partial charge in [-0.1, -0.05) is 55.4 Å². The molecule has 7 heteroatoms. The molecule has 0 aliphatic heterocycles. The lowest BCUT2D eigenvalue weighted by Gasteiger charge is -2.23. The van der Waals surface area contributed by atoms with Crippen molar-refractivity contribution in [3.63, 3.8) is 0 Å². The van der Waals surface area contributed by atoms with E-state index in [2.05, 4.69) is 47.2 Å². The standard InChI is InChI=1S/C24H26N4O2S/c1-15(2)17-9-11-18(12-10-17)23-26-21(30-27-23)13-14-22(29)28(4)16(3)24-25-19-7-5-6-8-20(19)31-24/h5-12,15-16H,13-14H2,1-4H3. The van der Waals surface area contributed by atoms with Crippen LogP contribution in [0.25, 0.3) is 21.6 Å². The molecule has 1 amide bonds. The lowest BCUT2D eigenvalue weighted by atomic mass is 10.0. The first-order valence-corrected chi connectivity index (χ1v) is 11.3. The Morgan fingerprint density at radius 1 is 1.06 bits per heavy atom. The Kier molecular flexibility index (Phi) is 6.13. The summed E-state index contributed by atoms with van der Waals surface area (Å²) < 4.78 is 6.50. The van der Waals surface area contributed by atoms with Gasteiger partial charge < -0.3 is 9.42 Å². The first-order chi connectivity index (χ1) is 14.9. The van der Waals surface area contributed by atoms with E-state index in [0.29, 0.717) is 30.5 Å². The van der Waals surface area contributed by atoms with E-state index in [9.17, 15) is 4.79 Å². The van der Waals surface area contributed by atoms with E-state index in [1.165, 1.54) is 5.56 Å². The molecule has 6 nitrogen and oxygen atoms in total. The molecule has 0 radical (unpaired) electrons. The number of rotatable bonds is 7. The molecule has 0 bridgehead atoms. The highest BCUT2D eigenvalue weighted by Gasteiger charge is 2.21. The first kappa shape index (κ1) is 21.2. The fourth-order valence-corrected chi connectivity index (χ4v) is 4.39. The molecule has 1 unspecified atom stereocenters. The van der Waals surface area contributed by atoms with Gasteiger partial charge in [0.2, 0.25) is 17.6 Å². The van der Waals surface area contributed by atoms with Crippen LogP contribution < -0.4 is 0 Å². The van der Waals surface area contributed by atoms with E-state index in [1.54, 1.807) is 16.2 Å². The molecule has 0 N–H and O–H groups in total. The molecule has 2 aromatic heterocycles. The van der Waals surface area contributed by atoms with E-state index in [-0.39, 0.29) is 11.9 Å². The van der Waals surface area contributed by atoms with Crippen molar-refractivity contribution in [3.05, 3.63) is 65.0 Å². The van der Waals surface area contributed by atoms with Crippen LogP contribution in [0, 0.1) is 0 Å². The van der Waals surface area contributed by atoms with Crippen LogP contribution in [0.1, 0.15) is 55.6 Å². The van der Waals surface area contributed by atoms with Crippen LogP contribution in [-0.2, 0) is 11.2 Å². The minimum Gasteiger partial charge on any atom is -0.339 e. The summed E-state index contributed by atoms with van der Waals surface area (Å²) >= 11 is 1.62. The van der Waals surface area contributed by atoms with E-state index in [1.807, 2.05) is 44.3 Å². The number of nitrogens with zero attached hydrogens (tertiary/aromatic N) is 4. The van der Waals surface area contributed by atoms with E-state index in [4.69, 9.17) is 4.52 Å². The maximum absolute atomic E-state index is 12.7. The number of fused-ring (bicyclic) bond motifs is 1. The zero-order valence-corrected chi connectivity index (χ0v) is 19.0. The summed E-state index contributed by atoms with van der Waals surface area (Å²) in [4.78, 5) is 23.6. The van der Waals surface area contributed by atoms with Crippen LogP contribution in [0.4, 0.5) is 0 Å². The summed E-state index contributed by atoms with van der Waals surface area (Å²) in [5.74, 6) is 1.52. The molecular formula is C24H26N4O2S. The number of carbonyl (C=O) groups is 1. The Labute approximate surface area is 185 Å². The molecular weight excluding hydrogens is 408 g/mol. The summed E-state index contributed by atoms with van der Waals surface area (Å²) in [5, 5.41) is 5.00. The van der Waals surface area contributed by atoms with Crippen LogP contribution >= 0.6 is 11.3 Å².